The number of methoxy groups -OCH3 is 2. The molecule has 0 aliphatic carbocycles. The van der Waals surface area contributed by atoms with E-state index in [0.29, 0.717) is 0 Å². The fourth-order valence-electron chi connectivity index (χ4n) is 2.58. The first-order valence-corrected chi connectivity index (χ1v) is 8.55. The van der Waals surface area contributed by atoms with Crippen molar-refractivity contribution in [2.24, 2.45) is 5.92 Å². The number of esters is 2. The van der Waals surface area contributed by atoms with Crippen LogP contribution in [0.4, 0.5) is 0 Å². The third-order valence-electron chi connectivity index (χ3n) is 3.97. The molecule has 8 nitrogen and oxygen atoms in total. The summed E-state index contributed by atoms with van der Waals surface area (Å²) in [5.41, 5.74) is 0.851. The average molecular weight is 378 g/mol. The molecule has 0 unspecified atom stereocenters. The van der Waals surface area contributed by atoms with E-state index in [0.717, 1.165) is 5.56 Å². The van der Waals surface area contributed by atoms with E-state index >= 15 is 0 Å². The minimum absolute atomic E-state index is 0.0171. The molecule has 148 valence electrons. The molecule has 1 aromatic carbocycles. The molecule has 0 bridgehead atoms. The zero-order valence-electron chi connectivity index (χ0n) is 16.0. The quantitative estimate of drug-likeness (QED) is 0.609. The lowest BCUT2D eigenvalue weighted by Crippen LogP contribution is -2.53. The Balaban J connectivity index is 2.91. The molecule has 0 aliphatic rings. The number of ether oxygens (including phenoxy) is 2. The normalized spacial score (nSPS) is 13.6. The Morgan fingerprint density at radius 2 is 1.52 bits per heavy atom. The number of hydrogen-bond acceptors (Lipinski definition) is 6. The van der Waals surface area contributed by atoms with E-state index in [4.69, 9.17) is 4.74 Å². The fraction of sp³-hybridized carbons (Fsp3) is 0.474. The number of carbonyl (C=O) groups excluding carboxylic acids is 4. The Bertz CT molecular complexity index is 661. The maximum absolute atomic E-state index is 12.7. The second kappa shape index (κ2) is 10.9. The van der Waals surface area contributed by atoms with E-state index in [-0.39, 0.29) is 18.7 Å². The molecule has 2 N–H and O–H groups in total. The van der Waals surface area contributed by atoms with Crippen molar-refractivity contribution in [2.45, 2.75) is 38.8 Å². The highest BCUT2D eigenvalue weighted by molar-refractivity contribution is 5.90. The number of carbonyl (C=O) groups is 4. The monoisotopic (exact) mass is 378 g/mol. The standard InChI is InChI=1S/C19H26N2O6/c1-12(18(24)26-3)10-16(19(25)27-4)21-17(23)15(20-13(2)22)11-14-8-6-5-7-9-14/h5-9,12,15-16H,10-11H2,1-4H3,(H,20,22)(H,21,23)/t12-,15+,16-/m1/s1. The molecule has 27 heavy (non-hydrogen) atoms. The smallest absolute Gasteiger partial charge is 0.328 e. The molecule has 0 radical (unpaired) electrons. The largest absolute Gasteiger partial charge is 0.469 e. The fourth-order valence-corrected chi connectivity index (χ4v) is 2.58. The molecular weight excluding hydrogens is 352 g/mol. The predicted molar refractivity (Wildman–Crippen MR) is 97.5 cm³/mol. The number of benzene rings is 1. The van der Waals surface area contributed by atoms with Crippen molar-refractivity contribution in [3.63, 3.8) is 0 Å². The van der Waals surface area contributed by atoms with Crippen LogP contribution < -0.4 is 10.6 Å². The van der Waals surface area contributed by atoms with Gasteiger partial charge < -0.3 is 20.1 Å². The van der Waals surface area contributed by atoms with Crippen molar-refractivity contribution in [3.05, 3.63) is 35.9 Å². The lowest BCUT2D eigenvalue weighted by molar-refractivity contribution is -0.149. The Morgan fingerprint density at radius 3 is 2.04 bits per heavy atom. The summed E-state index contributed by atoms with van der Waals surface area (Å²) in [6.45, 7) is 2.89. The predicted octanol–water partition coefficient (Wildman–Crippen LogP) is 0.591. The number of rotatable bonds is 9. The first-order chi connectivity index (χ1) is 12.8. The molecule has 0 saturated carbocycles. The summed E-state index contributed by atoms with van der Waals surface area (Å²) in [6.07, 6.45) is 0.274. The van der Waals surface area contributed by atoms with Gasteiger partial charge in [0.2, 0.25) is 11.8 Å². The van der Waals surface area contributed by atoms with Crippen LogP contribution in [0.25, 0.3) is 0 Å². The average Bonchev–Trinajstić information content (AvgIpc) is 2.65. The maximum atomic E-state index is 12.7. The van der Waals surface area contributed by atoms with Gasteiger partial charge in [-0.25, -0.2) is 4.79 Å². The summed E-state index contributed by atoms with van der Waals surface area (Å²) in [6, 6.07) is 7.26. The zero-order chi connectivity index (χ0) is 20.4. The van der Waals surface area contributed by atoms with Gasteiger partial charge in [-0.2, -0.15) is 0 Å². The van der Waals surface area contributed by atoms with Crippen LogP contribution >= 0.6 is 0 Å². The highest BCUT2D eigenvalue weighted by Gasteiger charge is 2.30. The van der Waals surface area contributed by atoms with Crippen LogP contribution in [0.1, 0.15) is 25.8 Å². The topological polar surface area (TPSA) is 111 Å². The maximum Gasteiger partial charge on any atom is 0.328 e. The SMILES string of the molecule is COC(=O)[C@H](C)C[C@@H](NC(=O)[C@H](Cc1ccccc1)NC(C)=O)C(=O)OC. The lowest BCUT2D eigenvalue weighted by atomic mass is 10.0. The summed E-state index contributed by atoms with van der Waals surface area (Å²) >= 11 is 0. The van der Waals surface area contributed by atoms with Gasteiger partial charge in [-0.3, -0.25) is 14.4 Å². The van der Waals surface area contributed by atoms with E-state index in [9.17, 15) is 19.2 Å². The van der Waals surface area contributed by atoms with Crippen LogP contribution in [0, 0.1) is 5.92 Å². The van der Waals surface area contributed by atoms with Crippen molar-refractivity contribution < 1.29 is 28.7 Å². The van der Waals surface area contributed by atoms with Gasteiger partial charge in [-0.05, 0) is 12.0 Å². The minimum atomic E-state index is -1.04. The van der Waals surface area contributed by atoms with Gasteiger partial charge >= 0.3 is 11.9 Å². The van der Waals surface area contributed by atoms with Crippen molar-refractivity contribution in [2.75, 3.05) is 14.2 Å². The van der Waals surface area contributed by atoms with Gasteiger partial charge in [0.05, 0.1) is 20.1 Å². The minimum Gasteiger partial charge on any atom is -0.469 e. The first kappa shape index (κ1) is 22.1. The highest BCUT2D eigenvalue weighted by atomic mass is 16.5. The molecule has 2 amide bonds. The molecule has 3 atom stereocenters. The number of amides is 2. The van der Waals surface area contributed by atoms with Crippen molar-refractivity contribution in [3.8, 4) is 0 Å². The second-order valence-corrected chi connectivity index (χ2v) is 6.19. The van der Waals surface area contributed by atoms with Gasteiger partial charge in [-0.1, -0.05) is 37.3 Å². The van der Waals surface area contributed by atoms with E-state index in [1.165, 1.54) is 21.1 Å². The Hall–Kier alpha value is -2.90. The van der Waals surface area contributed by atoms with Gasteiger partial charge in [0, 0.05) is 13.3 Å². The van der Waals surface area contributed by atoms with E-state index < -0.39 is 35.8 Å². The Labute approximate surface area is 158 Å². The van der Waals surface area contributed by atoms with Crippen LogP contribution in [0.15, 0.2) is 30.3 Å². The van der Waals surface area contributed by atoms with Gasteiger partial charge in [0.1, 0.15) is 12.1 Å². The molecule has 0 aliphatic heterocycles. The van der Waals surface area contributed by atoms with Crippen molar-refractivity contribution in [1.82, 2.24) is 10.6 Å². The molecule has 1 aromatic rings. The number of hydrogen-bond donors (Lipinski definition) is 2. The zero-order valence-corrected chi connectivity index (χ0v) is 16.0. The van der Waals surface area contributed by atoms with Gasteiger partial charge in [0.25, 0.3) is 0 Å². The van der Waals surface area contributed by atoms with Gasteiger partial charge in [-0.15, -0.1) is 0 Å². The van der Waals surface area contributed by atoms with Gasteiger partial charge in [0.15, 0.2) is 0 Å². The molecule has 1 rings (SSSR count). The summed E-state index contributed by atoms with van der Waals surface area (Å²) in [5, 5.41) is 5.15. The third kappa shape index (κ3) is 7.47. The third-order valence-corrected chi connectivity index (χ3v) is 3.97. The Kier molecular flexibility index (Phi) is 8.98. The number of nitrogens with one attached hydrogen (secondary N) is 2. The molecular formula is C19H26N2O6. The van der Waals surface area contributed by atoms with Crippen LogP contribution in [-0.2, 0) is 35.1 Å². The molecule has 0 fully saturated rings. The van der Waals surface area contributed by atoms with E-state index in [1.807, 2.05) is 30.3 Å². The first-order valence-electron chi connectivity index (χ1n) is 8.55. The van der Waals surface area contributed by atoms with Crippen molar-refractivity contribution >= 4 is 23.8 Å². The summed E-state index contributed by atoms with van der Waals surface area (Å²) in [7, 11) is 2.44. The summed E-state index contributed by atoms with van der Waals surface area (Å²) < 4.78 is 9.36. The van der Waals surface area contributed by atoms with Crippen LogP contribution in [0.5, 0.6) is 0 Å². The summed E-state index contributed by atoms with van der Waals surface area (Å²) in [5.74, 6) is -2.71. The van der Waals surface area contributed by atoms with Crippen molar-refractivity contribution in [1.29, 1.82) is 0 Å². The van der Waals surface area contributed by atoms with Crippen LogP contribution in [-0.4, -0.2) is 50.1 Å². The second-order valence-electron chi connectivity index (χ2n) is 6.19. The van der Waals surface area contributed by atoms with Crippen LogP contribution in [0.2, 0.25) is 0 Å². The highest BCUT2D eigenvalue weighted by Crippen LogP contribution is 2.11. The molecule has 0 saturated heterocycles. The van der Waals surface area contributed by atoms with E-state index in [2.05, 4.69) is 15.4 Å². The molecule has 0 aromatic heterocycles. The lowest BCUT2D eigenvalue weighted by Gasteiger charge is -2.23. The molecule has 0 heterocycles. The van der Waals surface area contributed by atoms with E-state index in [1.54, 1.807) is 6.92 Å². The molecule has 0 spiro atoms. The molecule has 8 heteroatoms. The summed E-state index contributed by atoms with van der Waals surface area (Å²) in [4.78, 5) is 47.8. The Morgan fingerprint density at radius 1 is 0.926 bits per heavy atom. The van der Waals surface area contributed by atoms with Crippen LogP contribution in [0.3, 0.4) is 0 Å².